The molecule has 0 radical (unpaired) electrons. The second-order valence-corrected chi connectivity index (χ2v) is 6.70. The van der Waals surface area contributed by atoms with Gasteiger partial charge in [0.1, 0.15) is 35.3 Å². The van der Waals surface area contributed by atoms with Gasteiger partial charge >= 0.3 is 0 Å². The summed E-state index contributed by atoms with van der Waals surface area (Å²) in [7, 11) is 3.24. The van der Waals surface area contributed by atoms with E-state index in [4.69, 9.17) is 14.2 Å². The SMILES string of the molecule is COc1ccc(CN[C@H]2CCC[C@@H](Oc3cccc(F)c3)[C@@H]2O)c(OC)c1. The van der Waals surface area contributed by atoms with Crippen LogP contribution in [0.1, 0.15) is 24.8 Å². The lowest BCUT2D eigenvalue weighted by molar-refractivity contribution is -0.0159. The molecule has 1 saturated carbocycles. The van der Waals surface area contributed by atoms with Crippen molar-refractivity contribution < 1.29 is 23.7 Å². The molecule has 3 atom stereocenters. The fraction of sp³-hybridized carbons (Fsp3) is 0.429. The lowest BCUT2D eigenvalue weighted by Gasteiger charge is -2.35. The van der Waals surface area contributed by atoms with Gasteiger partial charge in [-0.25, -0.2) is 4.39 Å². The van der Waals surface area contributed by atoms with Gasteiger partial charge in [0.2, 0.25) is 0 Å². The van der Waals surface area contributed by atoms with Crippen molar-refractivity contribution in [3.8, 4) is 17.2 Å². The molecule has 0 bridgehead atoms. The molecule has 1 aliphatic rings. The number of rotatable bonds is 7. The van der Waals surface area contributed by atoms with Gasteiger partial charge in [-0.2, -0.15) is 0 Å². The van der Waals surface area contributed by atoms with Crippen molar-refractivity contribution in [3.05, 3.63) is 53.8 Å². The van der Waals surface area contributed by atoms with Crippen LogP contribution in [0.25, 0.3) is 0 Å². The molecule has 0 amide bonds. The van der Waals surface area contributed by atoms with Crippen LogP contribution in [0.4, 0.5) is 4.39 Å². The molecular formula is C21H26FNO4. The Morgan fingerprint density at radius 2 is 1.93 bits per heavy atom. The number of hydrogen-bond acceptors (Lipinski definition) is 5. The van der Waals surface area contributed by atoms with Gasteiger partial charge in [0.15, 0.2) is 0 Å². The molecule has 146 valence electrons. The van der Waals surface area contributed by atoms with E-state index in [0.29, 0.717) is 12.3 Å². The Bertz CT molecular complexity index is 755. The van der Waals surface area contributed by atoms with E-state index in [1.54, 1.807) is 26.4 Å². The number of aliphatic hydroxyl groups is 1. The van der Waals surface area contributed by atoms with Gasteiger partial charge in [0, 0.05) is 30.3 Å². The minimum absolute atomic E-state index is 0.107. The largest absolute Gasteiger partial charge is 0.497 e. The summed E-state index contributed by atoms with van der Waals surface area (Å²) >= 11 is 0. The summed E-state index contributed by atoms with van der Waals surface area (Å²) in [6.07, 6.45) is 1.47. The van der Waals surface area contributed by atoms with Crippen LogP contribution < -0.4 is 19.5 Å². The first-order valence-electron chi connectivity index (χ1n) is 9.15. The lowest BCUT2D eigenvalue weighted by Crippen LogP contribution is -2.50. The molecule has 0 saturated heterocycles. The molecule has 27 heavy (non-hydrogen) atoms. The Hall–Kier alpha value is -2.31. The van der Waals surface area contributed by atoms with E-state index in [-0.39, 0.29) is 18.0 Å². The first-order chi connectivity index (χ1) is 13.1. The molecule has 6 heteroatoms. The maximum absolute atomic E-state index is 13.4. The Morgan fingerprint density at radius 1 is 1.07 bits per heavy atom. The minimum atomic E-state index is -0.675. The summed E-state index contributed by atoms with van der Waals surface area (Å²) in [6.45, 7) is 0.557. The lowest BCUT2D eigenvalue weighted by atomic mass is 9.89. The van der Waals surface area contributed by atoms with E-state index in [0.717, 1.165) is 36.3 Å². The van der Waals surface area contributed by atoms with E-state index in [9.17, 15) is 9.50 Å². The van der Waals surface area contributed by atoms with Gasteiger partial charge < -0.3 is 24.6 Å². The van der Waals surface area contributed by atoms with Gasteiger partial charge in [-0.15, -0.1) is 0 Å². The fourth-order valence-corrected chi connectivity index (χ4v) is 3.45. The predicted octanol–water partition coefficient (Wildman–Crippen LogP) is 3.29. The van der Waals surface area contributed by atoms with Crippen molar-refractivity contribution in [3.63, 3.8) is 0 Å². The molecule has 3 rings (SSSR count). The number of hydrogen-bond donors (Lipinski definition) is 2. The number of nitrogens with one attached hydrogen (secondary N) is 1. The summed E-state index contributed by atoms with van der Waals surface area (Å²) < 4.78 is 29.8. The van der Waals surface area contributed by atoms with Gasteiger partial charge in [0.25, 0.3) is 0 Å². The molecule has 1 aliphatic carbocycles. The third-order valence-electron chi connectivity index (χ3n) is 4.93. The molecule has 1 fully saturated rings. The molecule has 0 spiro atoms. The highest BCUT2D eigenvalue weighted by atomic mass is 19.1. The van der Waals surface area contributed by atoms with E-state index in [1.165, 1.54) is 12.1 Å². The highest BCUT2D eigenvalue weighted by molar-refractivity contribution is 5.40. The summed E-state index contributed by atoms with van der Waals surface area (Å²) in [5.74, 6) is 1.56. The van der Waals surface area contributed by atoms with Crippen LogP contribution >= 0.6 is 0 Å². The molecule has 2 aromatic rings. The van der Waals surface area contributed by atoms with Crippen LogP contribution in [0.5, 0.6) is 17.2 Å². The minimum Gasteiger partial charge on any atom is -0.497 e. The Kier molecular flexibility index (Phi) is 6.53. The monoisotopic (exact) mass is 375 g/mol. The van der Waals surface area contributed by atoms with Crippen LogP contribution in [0.15, 0.2) is 42.5 Å². The zero-order valence-electron chi connectivity index (χ0n) is 15.7. The molecule has 0 aliphatic heterocycles. The molecule has 0 unspecified atom stereocenters. The topological polar surface area (TPSA) is 60.0 Å². The van der Waals surface area contributed by atoms with Gasteiger partial charge in [-0.05, 0) is 37.5 Å². The van der Waals surface area contributed by atoms with E-state index in [2.05, 4.69) is 5.32 Å². The number of methoxy groups -OCH3 is 2. The van der Waals surface area contributed by atoms with Crippen LogP contribution in [0.2, 0.25) is 0 Å². The smallest absolute Gasteiger partial charge is 0.127 e. The zero-order chi connectivity index (χ0) is 19.2. The van der Waals surface area contributed by atoms with Gasteiger partial charge in [-0.1, -0.05) is 12.1 Å². The van der Waals surface area contributed by atoms with Gasteiger partial charge in [-0.3, -0.25) is 0 Å². The Morgan fingerprint density at radius 3 is 2.67 bits per heavy atom. The first-order valence-corrected chi connectivity index (χ1v) is 9.15. The Balaban J connectivity index is 1.62. The quantitative estimate of drug-likeness (QED) is 0.778. The van der Waals surface area contributed by atoms with E-state index in [1.807, 2.05) is 18.2 Å². The van der Waals surface area contributed by atoms with Crippen LogP contribution in [-0.2, 0) is 6.54 Å². The molecule has 5 nitrogen and oxygen atoms in total. The normalized spacial score (nSPS) is 22.3. The number of benzene rings is 2. The first kappa shape index (κ1) is 19.5. The number of ether oxygens (including phenoxy) is 3. The van der Waals surface area contributed by atoms with E-state index >= 15 is 0 Å². The maximum Gasteiger partial charge on any atom is 0.127 e. The van der Waals surface area contributed by atoms with Crippen LogP contribution in [0, 0.1) is 5.82 Å². The van der Waals surface area contributed by atoms with Crippen molar-refractivity contribution in [2.24, 2.45) is 0 Å². The number of halogens is 1. The van der Waals surface area contributed by atoms with Crippen molar-refractivity contribution in [2.45, 2.75) is 44.1 Å². The van der Waals surface area contributed by atoms with Crippen molar-refractivity contribution >= 4 is 0 Å². The Labute approximate surface area is 159 Å². The summed E-state index contributed by atoms with van der Waals surface area (Å²) in [5.41, 5.74) is 0.985. The van der Waals surface area contributed by atoms with Crippen molar-refractivity contribution in [1.82, 2.24) is 5.32 Å². The van der Waals surface area contributed by atoms with E-state index < -0.39 is 6.10 Å². The maximum atomic E-state index is 13.4. The summed E-state index contributed by atoms with van der Waals surface area (Å²) in [4.78, 5) is 0. The second-order valence-electron chi connectivity index (χ2n) is 6.70. The fourth-order valence-electron chi connectivity index (χ4n) is 3.45. The van der Waals surface area contributed by atoms with Gasteiger partial charge in [0.05, 0.1) is 14.2 Å². The molecule has 2 aromatic carbocycles. The molecular weight excluding hydrogens is 349 g/mol. The average molecular weight is 375 g/mol. The third kappa shape index (κ3) is 4.90. The standard InChI is InChI=1S/C21H26FNO4/c1-25-16-10-9-14(20(12-16)26-2)13-23-18-7-4-8-19(21(18)24)27-17-6-3-5-15(22)11-17/h3,5-6,9-12,18-19,21,23-24H,4,7-8,13H2,1-2H3/t18-,19+,21+/m0/s1. The predicted molar refractivity (Wildman–Crippen MR) is 101 cm³/mol. The second kappa shape index (κ2) is 9.06. The molecule has 0 aromatic heterocycles. The van der Waals surface area contributed by atoms with Crippen molar-refractivity contribution in [1.29, 1.82) is 0 Å². The van der Waals surface area contributed by atoms with Crippen LogP contribution in [0.3, 0.4) is 0 Å². The number of aliphatic hydroxyl groups excluding tert-OH is 1. The van der Waals surface area contributed by atoms with Crippen LogP contribution in [-0.4, -0.2) is 37.6 Å². The highest BCUT2D eigenvalue weighted by Crippen LogP contribution is 2.27. The summed E-state index contributed by atoms with van der Waals surface area (Å²) in [5, 5.41) is 14.1. The summed E-state index contributed by atoms with van der Waals surface area (Å²) in [6, 6.07) is 11.6. The highest BCUT2D eigenvalue weighted by Gasteiger charge is 2.33. The molecule has 2 N–H and O–H groups in total. The van der Waals surface area contributed by atoms with Crippen molar-refractivity contribution in [2.75, 3.05) is 14.2 Å². The average Bonchev–Trinajstić information content (AvgIpc) is 2.68. The third-order valence-corrected chi connectivity index (χ3v) is 4.93. The zero-order valence-corrected chi connectivity index (χ0v) is 15.7. The molecule has 0 heterocycles.